The Hall–Kier alpha value is -3.85. The molecule has 0 spiro atoms. The Balaban J connectivity index is 1.91. The van der Waals surface area contributed by atoms with Gasteiger partial charge >= 0.3 is 5.97 Å². The second-order valence-corrected chi connectivity index (χ2v) is 9.41. The molecule has 1 atom stereocenters. The molecule has 0 saturated carbocycles. The molecule has 36 heavy (non-hydrogen) atoms. The second kappa shape index (κ2) is 10.4. The Labute approximate surface area is 213 Å². The predicted octanol–water partition coefficient (Wildman–Crippen LogP) is 2.88. The van der Waals surface area contributed by atoms with E-state index in [1.165, 1.54) is 11.3 Å². The van der Waals surface area contributed by atoms with Crippen molar-refractivity contribution in [2.24, 2.45) is 4.99 Å². The Bertz CT molecular complexity index is 1500. The van der Waals surface area contributed by atoms with E-state index >= 15 is 0 Å². The minimum Gasteiger partial charge on any atom is -0.493 e. The van der Waals surface area contributed by atoms with Crippen LogP contribution in [0.5, 0.6) is 11.5 Å². The van der Waals surface area contributed by atoms with Crippen LogP contribution in [0.4, 0.5) is 5.69 Å². The maximum Gasteiger partial charge on any atom is 0.338 e. The zero-order valence-electron chi connectivity index (χ0n) is 21.2. The molecule has 188 valence electrons. The van der Waals surface area contributed by atoms with Gasteiger partial charge in [0.15, 0.2) is 16.3 Å². The number of allylic oxidation sites excluding steroid dienone is 1. The van der Waals surface area contributed by atoms with Gasteiger partial charge in [-0.15, -0.1) is 0 Å². The smallest absolute Gasteiger partial charge is 0.338 e. The minimum absolute atomic E-state index is 0.228. The molecule has 0 unspecified atom stereocenters. The monoisotopic (exact) mass is 507 g/mol. The van der Waals surface area contributed by atoms with Crippen LogP contribution in [0.15, 0.2) is 63.5 Å². The molecule has 0 fully saturated rings. The van der Waals surface area contributed by atoms with Crippen molar-refractivity contribution in [3.8, 4) is 11.5 Å². The molecule has 9 heteroatoms. The van der Waals surface area contributed by atoms with Gasteiger partial charge in [0.2, 0.25) is 0 Å². The summed E-state index contributed by atoms with van der Waals surface area (Å²) in [6.45, 7) is 3.76. The van der Waals surface area contributed by atoms with Crippen molar-refractivity contribution in [2.45, 2.75) is 19.9 Å². The summed E-state index contributed by atoms with van der Waals surface area (Å²) < 4.78 is 18.2. The van der Waals surface area contributed by atoms with Gasteiger partial charge < -0.3 is 19.1 Å². The first-order valence-corrected chi connectivity index (χ1v) is 12.3. The quantitative estimate of drug-likeness (QED) is 0.458. The van der Waals surface area contributed by atoms with Crippen LogP contribution in [-0.4, -0.2) is 45.5 Å². The summed E-state index contributed by atoms with van der Waals surface area (Å²) >= 11 is 1.28. The predicted molar refractivity (Wildman–Crippen MR) is 141 cm³/mol. The highest BCUT2D eigenvalue weighted by molar-refractivity contribution is 7.07. The standard InChI is InChI=1S/C27H29N3O5S/c1-7-35-26(32)23-16(2)28-27-30(24(23)18-9-11-19(12-10-18)29(3)4)25(31)22(36-27)15-17-8-13-20(33-5)21(14-17)34-6/h8-15,24H,7H2,1-6H3/b22-15+/t24-/m0/s1. The van der Waals surface area contributed by atoms with E-state index in [1.54, 1.807) is 44.8 Å². The van der Waals surface area contributed by atoms with Crippen LogP contribution in [0.3, 0.4) is 0 Å². The number of carbonyl (C=O) groups excluding carboxylic acids is 1. The number of anilines is 1. The first-order valence-electron chi connectivity index (χ1n) is 11.5. The van der Waals surface area contributed by atoms with E-state index in [1.807, 2.05) is 55.4 Å². The van der Waals surface area contributed by atoms with E-state index < -0.39 is 12.0 Å². The van der Waals surface area contributed by atoms with Gasteiger partial charge in [-0.1, -0.05) is 29.5 Å². The number of nitrogens with zero attached hydrogens (tertiary/aromatic N) is 3. The van der Waals surface area contributed by atoms with Gasteiger partial charge in [0, 0.05) is 19.8 Å². The van der Waals surface area contributed by atoms with Crippen LogP contribution >= 0.6 is 11.3 Å². The summed E-state index contributed by atoms with van der Waals surface area (Å²) in [5.41, 5.74) is 3.26. The highest BCUT2D eigenvalue weighted by atomic mass is 32.1. The maximum absolute atomic E-state index is 13.7. The van der Waals surface area contributed by atoms with Crippen LogP contribution < -0.4 is 29.3 Å². The van der Waals surface area contributed by atoms with Crippen LogP contribution in [-0.2, 0) is 9.53 Å². The molecule has 1 aliphatic rings. The summed E-state index contributed by atoms with van der Waals surface area (Å²) in [5.74, 6) is 0.694. The third kappa shape index (κ3) is 4.66. The maximum atomic E-state index is 13.7. The van der Waals surface area contributed by atoms with Gasteiger partial charge in [0.25, 0.3) is 5.56 Å². The van der Waals surface area contributed by atoms with Gasteiger partial charge in [0.1, 0.15) is 0 Å². The van der Waals surface area contributed by atoms with Crippen molar-refractivity contribution >= 4 is 29.1 Å². The third-order valence-corrected chi connectivity index (χ3v) is 6.93. The Morgan fingerprint density at radius 1 is 1.11 bits per heavy atom. The summed E-state index contributed by atoms with van der Waals surface area (Å²) in [4.78, 5) is 33.9. The van der Waals surface area contributed by atoms with E-state index in [9.17, 15) is 9.59 Å². The summed E-state index contributed by atoms with van der Waals surface area (Å²) in [6, 6.07) is 12.6. The molecule has 0 bridgehead atoms. The molecule has 0 amide bonds. The van der Waals surface area contributed by atoms with Crippen molar-refractivity contribution in [2.75, 3.05) is 39.8 Å². The highest BCUT2D eigenvalue weighted by Crippen LogP contribution is 2.32. The third-order valence-electron chi connectivity index (χ3n) is 5.95. The number of benzene rings is 2. The molecule has 0 aliphatic carbocycles. The van der Waals surface area contributed by atoms with Crippen molar-refractivity contribution < 1.29 is 19.0 Å². The van der Waals surface area contributed by atoms with Crippen LogP contribution in [0.1, 0.15) is 31.0 Å². The lowest BCUT2D eigenvalue weighted by Crippen LogP contribution is -2.39. The molecule has 1 aliphatic heterocycles. The molecule has 2 heterocycles. The van der Waals surface area contributed by atoms with Crippen molar-refractivity contribution in [3.05, 3.63) is 84.5 Å². The fraction of sp³-hybridized carbons (Fsp3) is 0.296. The molecule has 2 aromatic carbocycles. The van der Waals surface area contributed by atoms with Gasteiger partial charge in [-0.05, 0) is 55.3 Å². The largest absolute Gasteiger partial charge is 0.493 e. The fourth-order valence-corrected chi connectivity index (χ4v) is 5.20. The van der Waals surface area contributed by atoms with Crippen LogP contribution in [0.2, 0.25) is 0 Å². The van der Waals surface area contributed by atoms with Crippen LogP contribution in [0.25, 0.3) is 6.08 Å². The fourth-order valence-electron chi connectivity index (χ4n) is 4.16. The number of thiazole rings is 1. The van der Waals surface area contributed by atoms with E-state index in [2.05, 4.69) is 4.99 Å². The molecule has 8 nitrogen and oxygen atoms in total. The molecule has 3 aromatic rings. The SMILES string of the molecule is CCOC(=O)C1=C(C)N=c2s/c(=C/c3ccc(OC)c(OC)c3)c(=O)n2[C@H]1c1ccc(N(C)C)cc1. The number of carbonyl (C=O) groups is 1. The van der Waals surface area contributed by atoms with E-state index in [0.717, 1.165) is 16.8 Å². The van der Waals surface area contributed by atoms with E-state index in [0.29, 0.717) is 32.1 Å². The summed E-state index contributed by atoms with van der Waals surface area (Å²) in [6.07, 6.45) is 1.79. The number of fused-ring (bicyclic) bond motifs is 1. The van der Waals surface area contributed by atoms with E-state index in [4.69, 9.17) is 14.2 Å². The zero-order valence-corrected chi connectivity index (χ0v) is 22.0. The van der Waals surface area contributed by atoms with Gasteiger partial charge in [-0.2, -0.15) is 0 Å². The molecule has 0 N–H and O–H groups in total. The molecular formula is C27H29N3O5S. The summed E-state index contributed by atoms with van der Waals surface area (Å²) in [7, 11) is 7.06. The molecule has 0 radical (unpaired) electrons. The zero-order chi connectivity index (χ0) is 26.0. The minimum atomic E-state index is -0.649. The molecule has 4 rings (SSSR count). The lowest BCUT2D eigenvalue weighted by atomic mass is 9.95. The average Bonchev–Trinajstić information content (AvgIpc) is 3.17. The Morgan fingerprint density at radius 2 is 1.81 bits per heavy atom. The van der Waals surface area contributed by atoms with Gasteiger partial charge in [-0.3, -0.25) is 9.36 Å². The number of esters is 1. The lowest BCUT2D eigenvalue weighted by molar-refractivity contribution is -0.139. The Kier molecular flexibility index (Phi) is 7.30. The number of rotatable bonds is 7. The first-order chi connectivity index (χ1) is 17.3. The normalized spacial score (nSPS) is 15.3. The van der Waals surface area contributed by atoms with Gasteiger partial charge in [0.05, 0.1) is 42.7 Å². The number of hydrogen-bond donors (Lipinski definition) is 0. The van der Waals surface area contributed by atoms with Gasteiger partial charge in [-0.25, -0.2) is 9.79 Å². The molecule has 0 saturated heterocycles. The molecular weight excluding hydrogens is 478 g/mol. The van der Waals surface area contributed by atoms with E-state index in [-0.39, 0.29) is 12.2 Å². The Morgan fingerprint density at radius 3 is 2.42 bits per heavy atom. The lowest BCUT2D eigenvalue weighted by Gasteiger charge is -2.25. The average molecular weight is 508 g/mol. The molecule has 1 aromatic heterocycles. The van der Waals surface area contributed by atoms with Crippen molar-refractivity contribution in [1.82, 2.24) is 4.57 Å². The topological polar surface area (TPSA) is 82.4 Å². The number of ether oxygens (including phenoxy) is 3. The number of aromatic nitrogens is 1. The highest BCUT2D eigenvalue weighted by Gasteiger charge is 2.33. The first kappa shape index (κ1) is 25.2. The van der Waals surface area contributed by atoms with Crippen LogP contribution in [0, 0.1) is 0 Å². The second-order valence-electron chi connectivity index (χ2n) is 8.40. The van der Waals surface area contributed by atoms with Crippen molar-refractivity contribution in [3.63, 3.8) is 0 Å². The number of methoxy groups -OCH3 is 2. The van der Waals surface area contributed by atoms with Crippen molar-refractivity contribution in [1.29, 1.82) is 0 Å². The summed E-state index contributed by atoms with van der Waals surface area (Å²) in [5, 5.41) is 0. The number of hydrogen-bond acceptors (Lipinski definition) is 8.